The van der Waals surface area contributed by atoms with Crippen molar-refractivity contribution in [1.29, 1.82) is 5.41 Å². The normalized spacial score (nSPS) is 20.1. The van der Waals surface area contributed by atoms with Gasteiger partial charge in [0.05, 0.1) is 18.9 Å². The van der Waals surface area contributed by atoms with Gasteiger partial charge < -0.3 is 25.4 Å². The number of benzene rings is 2. The van der Waals surface area contributed by atoms with Crippen LogP contribution in [0.5, 0.6) is 5.75 Å². The molecule has 0 bridgehead atoms. The van der Waals surface area contributed by atoms with Gasteiger partial charge in [0, 0.05) is 73.5 Å². The van der Waals surface area contributed by atoms with Gasteiger partial charge in [-0.05, 0) is 55.3 Å². The van der Waals surface area contributed by atoms with E-state index in [-0.39, 0.29) is 23.3 Å². The number of nitrogens with one attached hydrogen (secondary N) is 2. The minimum Gasteiger partial charge on any atom is -0.490 e. The topological polar surface area (TPSA) is 121 Å². The van der Waals surface area contributed by atoms with Crippen LogP contribution in [0.15, 0.2) is 42.5 Å². The van der Waals surface area contributed by atoms with Crippen molar-refractivity contribution in [1.82, 2.24) is 15.1 Å². The van der Waals surface area contributed by atoms with Gasteiger partial charge in [-0.25, -0.2) is 0 Å². The standard InChI is InChI=1S/C31H41N5O4/c32-28-9-6-24(30(38)34-21-31(12-2-1-3-13-31)36-16-18-39-19-17-36)20-27(28)29(33)23-4-7-25(8-5-23)40-26-10-14-35(22-37)15-11-26/h4-9,20,22,26,33H,1-3,10-19,21,32H2,(H,34,38). The van der Waals surface area contributed by atoms with Crippen molar-refractivity contribution in [3.05, 3.63) is 59.2 Å². The lowest BCUT2D eigenvalue weighted by molar-refractivity contribution is -0.119. The molecule has 1 aliphatic carbocycles. The molecular weight excluding hydrogens is 506 g/mol. The minimum absolute atomic E-state index is 0.0175. The van der Waals surface area contributed by atoms with Gasteiger partial charge in [-0.3, -0.25) is 19.9 Å². The number of likely N-dealkylation sites (tertiary alicyclic amines) is 1. The number of nitrogens with zero attached hydrogens (tertiary/aromatic N) is 2. The summed E-state index contributed by atoms with van der Waals surface area (Å²) < 4.78 is 11.7. The number of amides is 2. The van der Waals surface area contributed by atoms with Crippen molar-refractivity contribution in [3.8, 4) is 5.75 Å². The first-order valence-corrected chi connectivity index (χ1v) is 14.5. The second-order valence-electron chi connectivity index (χ2n) is 11.2. The molecule has 0 radical (unpaired) electrons. The lowest BCUT2D eigenvalue weighted by atomic mass is 9.79. The van der Waals surface area contributed by atoms with Crippen molar-refractivity contribution in [2.75, 3.05) is 51.7 Å². The number of carbonyl (C=O) groups is 2. The zero-order chi connectivity index (χ0) is 28.0. The highest BCUT2D eigenvalue weighted by atomic mass is 16.5. The van der Waals surface area contributed by atoms with E-state index in [1.165, 1.54) is 19.3 Å². The highest BCUT2D eigenvalue weighted by Crippen LogP contribution is 2.34. The van der Waals surface area contributed by atoms with E-state index in [1.807, 2.05) is 24.3 Å². The smallest absolute Gasteiger partial charge is 0.251 e. The molecule has 0 aromatic heterocycles. The SMILES string of the molecule is N=C(c1ccc(OC2CCN(C=O)CC2)cc1)c1cc(C(=O)NCC2(N3CCOCC3)CCCCC2)ccc1N. The van der Waals surface area contributed by atoms with Gasteiger partial charge in [0.15, 0.2) is 0 Å². The first-order valence-electron chi connectivity index (χ1n) is 14.5. The third-order valence-electron chi connectivity index (χ3n) is 8.70. The third-order valence-corrected chi connectivity index (χ3v) is 8.70. The van der Waals surface area contributed by atoms with Crippen LogP contribution in [-0.4, -0.2) is 85.4 Å². The molecule has 40 heavy (non-hydrogen) atoms. The van der Waals surface area contributed by atoms with E-state index in [0.717, 1.165) is 64.1 Å². The number of nitrogen functional groups attached to an aromatic ring is 1. The minimum atomic E-state index is -0.142. The molecule has 0 atom stereocenters. The molecule has 2 heterocycles. The zero-order valence-electron chi connectivity index (χ0n) is 23.2. The summed E-state index contributed by atoms with van der Waals surface area (Å²) in [6.45, 7) is 5.31. The molecule has 0 spiro atoms. The first-order chi connectivity index (χ1) is 19.5. The quantitative estimate of drug-likeness (QED) is 0.251. The van der Waals surface area contributed by atoms with Crippen LogP contribution in [0, 0.1) is 5.41 Å². The van der Waals surface area contributed by atoms with E-state index in [2.05, 4.69) is 10.2 Å². The predicted octanol–water partition coefficient (Wildman–Crippen LogP) is 3.45. The molecule has 2 aromatic carbocycles. The maximum atomic E-state index is 13.3. The molecule has 2 aromatic rings. The summed E-state index contributed by atoms with van der Waals surface area (Å²) in [4.78, 5) is 28.5. The fraction of sp³-hybridized carbons (Fsp3) is 0.516. The van der Waals surface area contributed by atoms with E-state index in [1.54, 1.807) is 23.1 Å². The van der Waals surface area contributed by atoms with E-state index in [4.69, 9.17) is 20.6 Å². The first kappa shape index (κ1) is 28.1. The number of nitrogens with two attached hydrogens (primary N) is 1. The zero-order valence-corrected chi connectivity index (χ0v) is 23.2. The van der Waals surface area contributed by atoms with E-state index in [0.29, 0.717) is 42.0 Å². The number of rotatable bonds is 9. The lowest BCUT2D eigenvalue weighted by Gasteiger charge is -2.48. The van der Waals surface area contributed by atoms with Crippen molar-refractivity contribution in [2.24, 2.45) is 0 Å². The molecule has 1 saturated carbocycles. The number of ether oxygens (including phenoxy) is 2. The fourth-order valence-electron chi connectivity index (χ4n) is 6.26. The predicted molar refractivity (Wildman–Crippen MR) is 155 cm³/mol. The third kappa shape index (κ3) is 6.47. The second-order valence-corrected chi connectivity index (χ2v) is 11.2. The van der Waals surface area contributed by atoms with Crippen LogP contribution >= 0.6 is 0 Å². The monoisotopic (exact) mass is 547 g/mol. The molecule has 9 heteroatoms. The Morgan fingerprint density at radius 1 is 1.02 bits per heavy atom. The van der Waals surface area contributed by atoms with Crippen molar-refractivity contribution >= 4 is 23.7 Å². The van der Waals surface area contributed by atoms with Crippen LogP contribution in [0.1, 0.15) is 66.4 Å². The van der Waals surface area contributed by atoms with Gasteiger partial charge in [-0.2, -0.15) is 0 Å². The number of piperidine rings is 1. The molecule has 9 nitrogen and oxygen atoms in total. The average Bonchev–Trinajstić information content (AvgIpc) is 3.01. The molecule has 2 saturated heterocycles. The van der Waals surface area contributed by atoms with Crippen LogP contribution in [0.25, 0.3) is 0 Å². The van der Waals surface area contributed by atoms with Gasteiger partial charge in [0.1, 0.15) is 11.9 Å². The Labute approximate surface area is 236 Å². The van der Waals surface area contributed by atoms with Gasteiger partial charge >= 0.3 is 0 Å². The van der Waals surface area contributed by atoms with E-state index < -0.39 is 0 Å². The molecular formula is C31H41N5O4. The van der Waals surface area contributed by atoms with Crippen molar-refractivity contribution in [2.45, 2.75) is 56.6 Å². The Morgan fingerprint density at radius 3 is 2.38 bits per heavy atom. The lowest BCUT2D eigenvalue weighted by Crippen LogP contribution is -2.59. The van der Waals surface area contributed by atoms with Crippen LogP contribution < -0.4 is 15.8 Å². The maximum absolute atomic E-state index is 13.3. The largest absolute Gasteiger partial charge is 0.490 e. The Kier molecular flexibility index (Phi) is 9.01. The van der Waals surface area contributed by atoms with E-state index in [9.17, 15) is 9.59 Å². The molecule has 4 N–H and O–H groups in total. The second kappa shape index (κ2) is 12.8. The summed E-state index contributed by atoms with van der Waals surface area (Å²) in [7, 11) is 0. The number of carbonyl (C=O) groups excluding carboxylic acids is 2. The van der Waals surface area contributed by atoms with Gasteiger partial charge in [0.2, 0.25) is 6.41 Å². The number of anilines is 1. The molecule has 3 aliphatic rings. The van der Waals surface area contributed by atoms with Crippen LogP contribution in [0.3, 0.4) is 0 Å². The molecule has 214 valence electrons. The summed E-state index contributed by atoms with van der Waals surface area (Å²) in [5.41, 5.74) is 8.70. The molecule has 2 aliphatic heterocycles. The van der Waals surface area contributed by atoms with E-state index >= 15 is 0 Å². The van der Waals surface area contributed by atoms with Gasteiger partial charge in [-0.1, -0.05) is 19.3 Å². The molecule has 0 unspecified atom stereocenters. The van der Waals surface area contributed by atoms with Crippen LogP contribution in [0.4, 0.5) is 5.69 Å². The summed E-state index contributed by atoms with van der Waals surface area (Å²) in [6, 6.07) is 12.6. The van der Waals surface area contributed by atoms with Crippen molar-refractivity contribution in [3.63, 3.8) is 0 Å². The summed E-state index contributed by atoms with van der Waals surface area (Å²) in [5.74, 6) is 0.593. The van der Waals surface area contributed by atoms with Crippen LogP contribution in [0.2, 0.25) is 0 Å². The Morgan fingerprint density at radius 2 is 1.70 bits per heavy atom. The molecule has 3 fully saturated rings. The van der Waals surface area contributed by atoms with Crippen LogP contribution in [-0.2, 0) is 9.53 Å². The summed E-state index contributed by atoms with van der Waals surface area (Å²) >= 11 is 0. The fourth-order valence-corrected chi connectivity index (χ4v) is 6.26. The number of morpholine rings is 1. The highest BCUT2D eigenvalue weighted by Gasteiger charge is 2.39. The van der Waals surface area contributed by atoms with Gasteiger partial charge in [0.25, 0.3) is 5.91 Å². The number of hydrogen-bond donors (Lipinski definition) is 3. The average molecular weight is 548 g/mol. The Hall–Kier alpha value is -3.43. The maximum Gasteiger partial charge on any atom is 0.251 e. The highest BCUT2D eigenvalue weighted by molar-refractivity contribution is 6.14. The summed E-state index contributed by atoms with van der Waals surface area (Å²) in [6.07, 6.45) is 8.34. The summed E-state index contributed by atoms with van der Waals surface area (Å²) in [5, 5.41) is 12.0. The Bertz CT molecular complexity index is 1180. The molecule has 2 amide bonds. The number of hydrogen-bond acceptors (Lipinski definition) is 7. The van der Waals surface area contributed by atoms with Gasteiger partial charge in [-0.15, -0.1) is 0 Å². The molecule has 5 rings (SSSR count). The Balaban J connectivity index is 1.23. The van der Waals surface area contributed by atoms with Crippen molar-refractivity contribution < 1.29 is 19.1 Å².